The minimum atomic E-state index is 0.110. The van der Waals surface area contributed by atoms with Crippen LogP contribution in [0.25, 0.3) is 0 Å². The summed E-state index contributed by atoms with van der Waals surface area (Å²) in [5.41, 5.74) is 2.29. The normalized spacial score (nSPS) is 26.0. The van der Waals surface area contributed by atoms with Gasteiger partial charge in [0.15, 0.2) is 0 Å². The maximum Gasteiger partial charge on any atom is 0.320 e. The van der Waals surface area contributed by atoms with Crippen molar-refractivity contribution >= 4 is 17.7 Å². The maximum absolute atomic E-state index is 13.6. The molecule has 2 aliphatic rings. The second kappa shape index (κ2) is 9.76. The van der Waals surface area contributed by atoms with Crippen LogP contribution in [0, 0.1) is 13.8 Å². The van der Waals surface area contributed by atoms with Crippen LogP contribution in [0.4, 0.5) is 16.4 Å². The lowest BCUT2D eigenvalue weighted by molar-refractivity contribution is 0.0885. The summed E-state index contributed by atoms with van der Waals surface area (Å²) in [6.45, 7) is 10.0. The smallest absolute Gasteiger partial charge is 0.320 e. The monoisotopic (exact) mass is 436 g/mol. The molecule has 4 rings (SSSR count). The number of aromatic nitrogens is 2. The molecule has 2 amide bonds. The van der Waals surface area contributed by atoms with Crippen LogP contribution in [0.1, 0.15) is 50.7 Å². The van der Waals surface area contributed by atoms with Crippen molar-refractivity contribution in [2.75, 3.05) is 23.7 Å². The summed E-state index contributed by atoms with van der Waals surface area (Å²) in [7, 11) is 0. The van der Waals surface area contributed by atoms with E-state index in [9.17, 15) is 4.79 Å². The summed E-state index contributed by atoms with van der Waals surface area (Å²) in [6.07, 6.45) is 7.83. The summed E-state index contributed by atoms with van der Waals surface area (Å²) in [5.74, 6) is 1.76. The van der Waals surface area contributed by atoms with E-state index < -0.39 is 0 Å². The largest absolute Gasteiger partial charge is 0.365 e. The van der Waals surface area contributed by atoms with Gasteiger partial charge in [-0.1, -0.05) is 12.1 Å². The van der Waals surface area contributed by atoms with Gasteiger partial charge in [0.2, 0.25) is 0 Å². The number of urea groups is 1. The van der Waals surface area contributed by atoms with Gasteiger partial charge in [0.25, 0.3) is 0 Å². The molecule has 4 atom stereocenters. The number of aryl methyl sites for hydroxylation is 2. The van der Waals surface area contributed by atoms with Crippen molar-refractivity contribution in [2.45, 2.75) is 77.5 Å². The minimum absolute atomic E-state index is 0.110. The van der Waals surface area contributed by atoms with E-state index in [-0.39, 0.29) is 30.2 Å². The van der Waals surface area contributed by atoms with Gasteiger partial charge in [-0.05, 0) is 76.6 Å². The predicted molar refractivity (Wildman–Crippen MR) is 129 cm³/mol. The summed E-state index contributed by atoms with van der Waals surface area (Å²) < 4.78 is 0. The van der Waals surface area contributed by atoms with Crippen molar-refractivity contribution in [1.82, 2.24) is 19.8 Å². The summed E-state index contributed by atoms with van der Waals surface area (Å²) >= 11 is 0. The molecule has 0 spiro atoms. The van der Waals surface area contributed by atoms with Crippen LogP contribution in [0.2, 0.25) is 0 Å². The lowest BCUT2D eigenvalue weighted by atomic mass is 9.95. The Morgan fingerprint density at radius 3 is 1.62 bits per heavy atom. The van der Waals surface area contributed by atoms with E-state index in [4.69, 9.17) is 0 Å². The van der Waals surface area contributed by atoms with Gasteiger partial charge in [-0.15, -0.1) is 0 Å². The molecule has 2 saturated heterocycles. The van der Waals surface area contributed by atoms with Crippen LogP contribution in [-0.2, 0) is 0 Å². The van der Waals surface area contributed by atoms with E-state index in [1.54, 1.807) is 0 Å². The van der Waals surface area contributed by atoms with E-state index in [2.05, 4.69) is 56.4 Å². The first-order valence-electron chi connectivity index (χ1n) is 11.9. The average Bonchev–Trinajstić information content (AvgIpc) is 2.79. The molecule has 4 heterocycles. The number of rotatable bonds is 4. The Kier molecular flexibility index (Phi) is 6.82. The lowest BCUT2D eigenvalue weighted by Gasteiger charge is -2.46. The summed E-state index contributed by atoms with van der Waals surface area (Å²) in [4.78, 5) is 26.7. The van der Waals surface area contributed by atoms with Crippen LogP contribution in [-0.4, -0.2) is 63.1 Å². The van der Waals surface area contributed by atoms with Crippen molar-refractivity contribution in [3.05, 3.63) is 47.8 Å². The predicted octanol–water partition coefficient (Wildman–Crippen LogP) is 4.44. The standard InChI is InChI=1S/C25H36N6O/c1-17-9-11-23(26-15-17)28-21-7-5-13-30(19(21)3)25(32)31-14-6-8-22(20(31)4)29-24-12-10-18(2)16-27-24/h9-12,15-16,19-22H,5-8,13-14H2,1-4H3,(H,26,28)(H,27,29). The Bertz CT molecular complexity index is 826. The van der Waals surface area contributed by atoms with Gasteiger partial charge < -0.3 is 20.4 Å². The fourth-order valence-corrected chi connectivity index (χ4v) is 4.86. The molecule has 7 heteroatoms. The van der Waals surface area contributed by atoms with Crippen molar-refractivity contribution in [3.8, 4) is 0 Å². The fraction of sp³-hybridized carbons (Fsp3) is 0.560. The Morgan fingerprint density at radius 2 is 1.25 bits per heavy atom. The number of carbonyl (C=O) groups excluding carboxylic acids is 1. The highest BCUT2D eigenvalue weighted by Gasteiger charge is 2.38. The average molecular weight is 437 g/mol. The molecule has 2 aliphatic heterocycles. The van der Waals surface area contributed by atoms with Crippen molar-refractivity contribution in [1.29, 1.82) is 0 Å². The van der Waals surface area contributed by atoms with Crippen LogP contribution in [0.3, 0.4) is 0 Å². The van der Waals surface area contributed by atoms with E-state index in [0.717, 1.165) is 61.5 Å². The first kappa shape index (κ1) is 22.4. The second-order valence-electron chi connectivity index (χ2n) is 9.38. The molecule has 4 unspecified atom stereocenters. The molecular weight excluding hydrogens is 400 g/mol. The zero-order chi connectivity index (χ0) is 22.7. The number of hydrogen-bond acceptors (Lipinski definition) is 5. The molecule has 2 aromatic heterocycles. The number of piperidine rings is 2. The molecular formula is C25H36N6O. The Balaban J connectivity index is 1.41. The molecule has 2 N–H and O–H groups in total. The number of carbonyl (C=O) groups is 1. The Labute approximate surface area is 191 Å². The highest BCUT2D eigenvalue weighted by molar-refractivity contribution is 5.76. The van der Waals surface area contributed by atoms with Crippen LogP contribution in [0.5, 0.6) is 0 Å². The zero-order valence-corrected chi connectivity index (χ0v) is 19.7. The molecule has 0 saturated carbocycles. The first-order chi connectivity index (χ1) is 15.4. The van der Waals surface area contributed by atoms with E-state index >= 15 is 0 Å². The van der Waals surface area contributed by atoms with Gasteiger partial charge >= 0.3 is 6.03 Å². The molecule has 32 heavy (non-hydrogen) atoms. The van der Waals surface area contributed by atoms with E-state index in [1.165, 1.54) is 0 Å². The molecule has 172 valence electrons. The highest BCUT2D eigenvalue weighted by Crippen LogP contribution is 2.26. The maximum atomic E-state index is 13.6. The second-order valence-corrected chi connectivity index (χ2v) is 9.38. The third-order valence-electron chi connectivity index (χ3n) is 6.96. The van der Waals surface area contributed by atoms with Crippen LogP contribution >= 0.6 is 0 Å². The zero-order valence-electron chi connectivity index (χ0n) is 19.7. The van der Waals surface area contributed by atoms with Gasteiger partial charge in [-0.2, -0.15) is 0 Å². The van der Waals surface area contributed by atoms with Gasteiger partial charge in [0, 0.05) is 37.6 Å². The molecule has 0 bridgehead atoms. The van der Waals surface area contributed by atoms with Crippen LogP contribution < -0.4 is 10.6 Å². The van der Waals surface area contributed by atoms with Gasteiger partial charge in [-0.3, -0.25) is 0 Å². The number of nitrogens with zero attached hydrogens (tertiary/aromatic N) is 4. The third-order valence-corrected chi connectivity index (χ3v) is 6.96. The van der Waals surface area contributed by atoms with Crippen LogP contribution in [0.15, 0.2) is 36.7 Å². The van der Waals surface area contributed by atoms with Crippen molar-refractivity contribution in [3.63, 3.8) is 0 Å². The number of hydrogen-bond donors (Lipinski definition) is 2. The highest BCUT2D eigenvalue weighted by atomic mass is 16.2. The first-order valence-corrected chi connectivity index (χ1v) is 11.9. The number of likely N-dealkylation sites (tertiary alicyclic amines) is 2. The topological polar surface area (TPSA) is 73.4 Å². The Morgan fingerprint density at radius 1 is 0.812 bits per heavy atom. The number of amides is 2. The number of pyridine rings is 2. The molecule has 0 radical (unpaired) electrons. The fourth-order valence-electron chi connectivity index (χ4n) is 4.86. The van der Waals surface area contributed by atoms with Crippen molar-refractivity contribution < 1.29 is 4.79 Å². The van der Waals surface area contributed by atoms with Crippen molar-refractivity contribution in [2.24, 2.45) is 0 Å². The third kappa shape index (κ3) is 4.97. The lowest BCUT2D eigenvalue weighted by Crippen LogP contribution is -2.60. The van der Waals surface area contributed by atoms with E-state index in [0.29, 0.717) is 0 Å². The number of anilines is 2. The molecule has 2 aromatic rings. The summed E-state index contributed by atoms with van der Waals surface area (Å²) in [6, 6.07) is 8.95. The Hall–Kier alpha value is -2.83. The quantitative estimate of drug-likeness (QED) is 0.741. The molecule has 7 nitrogen and oxygen atoms in total. The number of nitrogens with one attached hydrogen (secondary N) is 2. The molecule has 2 fully saturated rings. The minimum Gasteiger partial charge on any atom is -0.365 e. The molecule has 0 aliphatic carbocycles. The van der Waals surface area contributed by atoms with Gasteiger partial charge in [0.05, 0.1) is 12.1 Å². The van der Waals surface area contributed by atoms with E-state index in [1.807, 2.05) is 38.4 Å². The SMILES string of the molecule is Cc1ccc(NC2CCCN(C(=O)N3CCCC(Nc4ccc(C)cn4)C3C)C2C)nc1. The van der Waals surface area contributed by atoms with Gasteiger partial charge in [-0.25, -0.2) is 14.8 Å². The molecule has 0 aromatic carbocycles. The van der Waals surface area contributed by atoms with Gasteiger partial charge in [0.1, 0.15) is 11.6 Å². The summed E-state index contributed by atoms with van der Waals surface area (Å²) in [5, 5.41) is 7.12.